The Hall–Kier alpha value is -6.42. The topological polar surface area (TPSA) is 9.86 Å². The minimum absolute atomic E-state index is 0.0762. The van der Waals surface area contributed by atoms with E-state index in [0.717, 1.165) is 59.6 Å². The Morgan fingerprint density at radius 2 is 0.863 bits per heavy atom. The second-order valence-electron chi connectivity index (χ2n) is 12.7. The molecule has 0 unspecified atom stereocenters. The first-order valence-electron chi connectivity index (χ1n) is 21.4. The second kappa shape index (κ2) is 11.9. The Balaban J connectivity index is 1.27. The number of benzene rings is 8. The van der Waals surface area contributed by atoms with Gasteiger partial charge >= 0.3 is 0 Å². The van der Waals surface area contributed by atoms with Crippen molar-refractivity contribution < 1.29 is 12.3 Å². The van der Waals surface area contributed by atoms with Crippen molar-refractivity contribution >= 4 is 72.4 Å². The summed E-state index contributed by atoms with van der Waals surface area (Å²) in [5.74, 6) is 0. The van der Waals surface area contributed by atoms with Crippen LogP contribution >= 0.6 is 0 Å². The van der Waals surface area contributed by atoms with E-state index in [4.69, 9.17) is 9.60 Å². The van der Waals surface area contributed by atoms with E-state index >= 15 is 0 Å². The number of hydrogen-bond acceptors (Lipinski definition) is 0. The summed E-state index contributed by atoms with van der Waals surface area (Å²) in [5.41, 5.74) is 4.58. The summed E-state index contributed by atoms with van der Waals surface area (Å²) in [6.45, 7) is 0. The quantitative estimate of drug-likeness (QED) is 0.123. The molecule has 0 radical (unpaired) electrons. The van der Waals surface area contributed by atoms with Crippen LogP contribution in [0.15, 0.2) is 206 Å². The van der Waals surface area contributed by atoms with E-state index in [0.29, 0.717) is 16.1 Å². The molecule has 0 spiro atoms. The van der Waals surface area contributed by atoms with E-state index in [1.165, 1.54) is 0 Å². The molecule has 2 aromatic heterocycles. The molecule has 0 amide bonds. The molecule has 2 heterocycles. The fraction of sp³-hybridized carbons (Fsp3) is 0. The first kappa shape index (κ1) is 21.6. The zero-order chi connectivity index (χ0) is 41.6. The van der Waals surface area contributed by atoms with Crippen molar-refractivity contribution in [3.63, 3.8) is 0 Å². The summed E-state index contributed by atoms with van der Waals surface area (Å²) in [6, 6.07) is 47.2. The first-order chi connectivity index (χ1) is 29.0. The molecule has 8 aromatic carbocycles. The van der Waals surface area contributed by atoms with Crippen molar-refractivity contribution in [3.8, 4) is 11.4 Å². The second-order valence-corrected chi connectivity index (χ2v) is 16.4. The lowest BCUT2D eigenvalue weighted by atomic mass is 10.1. The normalized spacial score (nSPS) is 14.4. The molecule has 0 N–H and O–H groups in total. The SMILES string of the molecule is [2H]c1c([2H])c([2H])c([Si](c2ccccc2)(c2ccccc2)c2cccc(-n3c4ccccc4c4cc(-n5c6ccccc6c6c([2H])c([2H])c([2H])c([2H])c65)ccc43)c2)c([2H])c1[2H]. The smallest absolute Gasteiger partial charge is 0.179 e. The van der Waals surface area contributed by atoms with Gasteiger partial charge in [0.05, 0.1) is 34.4 Å². The lowest BCUT2D eigenvalue weighted by Gasteiger charge is -2.34. The van der Waals surface area contributed by atoms with Gasteiger partial charge in [-0.3, -0.25) is 0 Å². The van der Waals surface area contributed by atoms with Gasteiger partial charge in [0.15, 0.2) is 8.07 Å². The fourth-order valence-corrected chi connectivity index (χ4v) is 12.4. The summed E-state index contributed by atoms with van der Waals surface area (Å²) in [5, 5.41) is 6.01. The average molecular weight is 676 g/mol. The number of fused-ring (bicyclic) bond motifs is 6. The summed E-state index contributed by atoms with van der Waals surface area (Å²) >= 11 is 0. The molecule has 0 bridgehead atoms. The molecule has 2 nitrogen and oxygen atoms in total. The monoisotopic (exact) mass is 675 g/mol. The number of rotatable bonds is 6. The highest BCUT2D eigenvalue weighted by Crippen LogP contribution is 2.36. The lowest BCUT2D eigenvalue weighted by Crippen LogP contribution is -2.74. The van der Waals surface area contributed by atoms with Crippen LogP contribution in [0.1, 0.15) is 12.3 Å². The molecule has 0 fully saturated rings. The molecular formula is C48H34N2Si. The Labute approximate surface area is 310 Å². The zero-order valence-corrected chi connectivity index (χ0v) is 28.3. The van der Waals surface area contributed by atoms with Crippen LogP contribution in [-0.4, -0.2) is 17.2 Å². The van der Waals surface area contributed by atoms with Crippen molar-refractivity contribution in [1.29, 1.82) is 0 Å². The maximum Gasteiger partial charge on any atom is 0.179 e. The highest BCUT2D eigenvalue weighted by molar-refractivity contribution is 7.19. The average Bonchev–Trinajstić information content (AvgIpc) is 3.81. The van der Waals surface area contributed by atoms with Crippen molar-refractivity contribution in [2.75, 3.05) is 0 Å². The maximum absolute atomic E-state index is 9.39. The number of nitrogens with zero attached hydrogens (tertiary/aromatic N) is 2. The van der Waals surface area contributed by atoms with Gasteiger partial charge in [0.25, 0.3) is 0 Å². The van der Waals surface area contributed by atoms with Crippen molar-refractivity contribution in [1.82, 2.24) is 9.13 Å². The Bertz CT molecular complexity index is 3310. The number of para-hydroxylation sites is 3. The molecule has 240 valence electrons. The van der Waals surface area contributed by atoms with Gasteiger partial charge in [-0.25, -0.2) is 0 Å². The van der Waals surface area contributed by atoms with Crippen LogP contribution in [0, 0.1) is 0 Å². The van der Waals surface area contributed by atoms with E-state index in [-0.39, 0.29) is 48.3 Å². The molecule has 0 aliphatic carbocycles. The maximum atomic E-state index is 9.39. The van der Waals surface area contributed by atoms with Crippen LogP contribution < -0.4 is 20.7 Å². The highest BCUT2D eigenvalue weighted by atomic mass is 28.3. The largest absolute Gasteiger partial charge is 0.309 e. The zero-order valence-electron chi connectivity index (χ0n) is 36.3. The lowest BCUT2D eigenvalue weighted by molar-refractivity contribution is 1.17. The minimum Gasteiger partial charge on any atom is -0.309 e. The van der Waals surface area contributed by atoms with Gasteiger partial charge in [-0.05, 0) is 69.3 Å². The van der Waals surface area contributed by atoms with Gasteiger partial charge in [0.2, 0.25) is 0 Å². The Kier molecular flexibility index (Phi) is 5.03. The van der Waals surface area contributed by atoms with Gasteiger partial charge in [0.1, 0.15) is 0 Å². The van der Waals surface area contributed by atoms with E-state index in [1.807, 2.05) is 132 Å². The van der Waals surface area contributed by atoms with Crippen molar-refractivity contribution in [3.05, 3.63) is 206 Å². The van der Waals surface area contributed by atoms with Crippen LogP contribution in [0.3, 0.4) is 0 Å². The molecule has 10 rings (SSSR count). The standard InChI is InChI=1S/C48H34N2Si/c1-4-18-37(19-5-1)51(38-20-6-2-7-21-38,39-22-8-3-9-23-39)40-24-16-17-35(33-40)49-47-30-15-12-27-43(47)44-34-36(31-32-48(44)49)50-45-28-13-10-25-41(45)42-26-11-14-29-46(42)50/h1-34H/i1D,4D,5D,10D,13D,18D,19D,25D,28D. The van der Waals surface area contributed by atoms with Crippen LogP contribution in [0.5, 0.6) is 0 Å². The Morgan fingerprint density at radius 3 is 1.57 bits per heavy atom. The molecule has 51 heavy (non-hydrogen) atoms. The summed E-state index contributed by atoms with van der Waals surface area (Å²) < 4.78 is 83.9. The molecule has 0 atom stereocenters. The number of hydrogen-bond donors (Lipinski definition) is 0. The predicted molar refractivity (Wildman–Crippen MR) is 219 cm³/mol. The molecular weight excluding hydrogens is 633 g/mol. The third-order valence-corrected chi connectivity index (χ3v) is 14.6. The molecule has 0 saturated heterocycles. The van der Waals surface area contributed by atoms with Gasteiger partial charge in [-0.15, -0.1) is 0 Å². The van der Waals surface area contributed by atoms with Gasteiger partial charge in [0, 0.05) is 32.9 Å². The van der Waals surface area contributed by atoms with Crippen LogP contribution in [0.2, 0.25) is 0 Å². The third-order valence-electron chi connectivity index (χ3n) is 10.0. The van der Waals surface area contributed by atoms with E-state index in [2.05, 4.69) is 28.8 Å². The van der Waals surface area contributed by atoms with Crippen LogP contribution in [0.25, 0.3) is 55.0 Å². The molecule has 10 aromatic rings. The fourth-order valence-electron chi connectivity index (χ4n) is 7.94. The van der Waals surface area contributed by atoms with Crippen molar-refractivity contribution in [2.45, 2.75) is 0 Å². The first-order valence-corrected chi connectivity index (χ1v) is 18.9. The van der Waals surface area contributed by atoms with Gasteiger partial charge in [-0.1, -0.05) is 158 Å². The minimum atomic E-state index is -3.65. The summed E-state index contributed by atoms with van der Waals surface area (Å²) in [4.78, 5) is 0. The van der Waals surface area contributed by atoms with E-state index in [9.17, 15) is 2.74 Å². The summed E-state index contributed by atoms with van der Waals surface area (Å²) in [6.07, 6.45) is 0. The third kappa shape index (κ3) is 4.49. The highest BCUT2D eigenvalue weighted by Gasteiger charge is 2.41. The summed E-state index contributed by atoms with van der Waals surface area (Å²) in [7, 11) is -3.65. The predicted octanol–water partition coefficient (Wildman–Crippen LogP) is 9.26. The van der Waals surface area contributed by atoms with Crippen LogP contribution in [-0.2, 0) is 0 Å². The Morgan fingerprint density at radius 1 is 0.333 bits per heavy atom. The molecule has 0 aliphatic rings. The van der Waals surface area contributed by atoms with Crippen molar-refractivity contribution in [2.24, 2.45) is 0 Å². The molecule has 0 aliphatic heterocycles. The van der Waals surface area contributed by atoms with Crippen LogP contribution in [0.4, 0.5) is 0 Å². The number of aromatic nitrogens is 2. The molecule has 3 heteroatoms. The molecule has 0 saturated carbocycles. The van der Waals surface area contributed by atoms with Gasteiger partial charge < -0.3 is 9.13 Å². The van der Waals surface area contributed by atoms with E-state index in [1.54, 1.807) is 0 Å². The van der Waals surface area contributed by atoms with Gasteiger partial charge in [-0.2, -0.15) is 0 Å². The van der Waals surface area contributed by atoms with E-state index < -0.39 is 14.1 Å².